The summed E-state index contributed by atoms with van der Waals surface area (Å²) in [5.74, 6) is 2.43. The van der Waals surface area contributed by atoms with E-state index in [0.717, 1.165) is 28.5 Å². The predicted molar refractivity (Wildman–Crippen MR) is 66.0 cm³/mol. The largest absolute Gasteiger partial charge is 0.464 e. The Balaban J connectivity index is 1.66. The molecule has 0 fully saturated rings. The van der Waals surface area contributed by atoms with E-state index in [2.05, 4.69) is 5.32 Å². The fourth-order valence-corrected chi connectivity index (χ4v) is 2.21. The van der Waals surface area contributed by atoms with Gasteiger partial charge in [-0.1, -0.05) is 12.1 Å². The molecule has 1 N–H and O–H groups in total. The average Bonchev–Trinajstić information content (AvgIpc) is 3.04. The highest BCUT2D eigenvalue weighted by Crippen LogP contribution is 2.40. The third-order valence-corrected chi connectivity index (χ3v) is 3.12. The topological polar surface area (TPSA) is 39.7 Å². The molecule has 0 aromatic heterocycles. The average molecular weight is 241 g/mol. The van der Waals surface area contributed by atoms with E-state index < -0.39 is 0 Å². The molecule has 0 spiro atoms. The van der Waals surface area contributed by atoms with Gasteiger partial charge < -0.3 is 19.5 Å². The number of rotatable bonds is 1. The summed E-state index contributed by atoms with van der Waals surface area (Å²) in [7, 11) is 0. The van der Waals surface area contributed by atoms with Crippen LogP contribution < -0.4 is 19.5 Å². The molecule has 0 radical (unpaired) electrons. The van der Waals surface area contributed by atoms with Crippen LogP contribution in [0, 0.1) is 0 Å². The molecule has 4 rings (SSSR count). The first kappa shape index (κ1) is 9.65. The van der Waals surface area contributed by atoms with Gasteiger partial charge in [-0.15, -0.1) is 0 Å². The van der Waals surface area contributed by atoms with Crippen LogP contribution >= 0.6 is 0 Å². The summed E-state index contributed by atoms with van der Waals surface area (Å²) in [6.45, 7) is 0.290. The van der Waals surface area contributed by atoms with Crippen LogP contribution in [0.5, 0.6) is 17.2 Å². The molecular formula is C14H11NO3. The first-order valence-corrected chi connectivity index (χ1v) is 5.82. The molecule has 0 aliphatic carbocycles. The second-order valence-corrected chi connectivity index (χ2v) is 4.25. The van der Waals surface area contributed by atoms with E-state index in [4.69, 9.17) is 14.2 Å². The first-order chi connectivity index (χ1) is 8.90. The number of hydrogen-bond donors (Lipinski definition) is 1. The van der Waals surface area contributed by atoms with E-state index in [0.29, 0.717) is 0 Å². The molecular weight excluding hydrogens is 230 g/mol. The molecule has 0 bridgehead atoms. The van der Waals surface area contributed by atoms with Gasteiger partial charge in [0.2, 0.25) is 6.79 Å². The van der Waals surface area contributed by atoms with E-state index in [1.165, 1.54) is 0 Å². The highest BCUT2D eigenvalue weighted by molar-refractivity contribution is 5.61. The zero-order valence-corrected chi connectivity index (χ0v) is 9.55. The van der Waals surface area contributed by atoms with Crippen LogP contribution in [0.1, 0.15) is 11.8 Å². The normalized spacial score (nSPS) is 19.0. The lowest BCUT2D eigenvalue weighted by Gasteiger charge is -2.12. The zero-order chi connectivity index (χ0) is 11.9. The van der Waals surface area contributed by atoms with Crippen LogP contribution in [0.3, 0.4) is 0 Å². The highest BCUT2D eigenvalue weighted by Gasteiger charge is 2.24. The van der Waals surface area contributed by atoms with E-state index in [1.54, 1.807) is 0 Å². The molecule has 4 nitrogen and oxygen atoms in total. The van der Waals surface area contributed by atoms with Crippen molar-refractivity contribution >= 4 is 5.69 Å². The van der Waals surface area contributed by atoms with E-state index >= 15 is 0 Å². The first-order valence-electron chi connectivity index (χ1n) is 5.82. The Morgan fingerprint density at radius 1 is 0.944 bits per heavy atom. The molecule has 2 aromatic rings. The number of benzene rings is 2. The maximum atomic E-state index is 5.85. The Morgan fingerprint density at radius 2 is 1.83 bits per heavy atom. The minimum absolute atomic E-state index is 0.170. The van der Waals surface area contributed by atoms with Crippen LogP contribution in [0.15, 0.2) is 42.5 Å². The van der Waals surface area contributed by atoms with Gasteiger partial charge >= 0.3 is 0 Å². The standard InChI is InChI=1S/C14H11NO3/c1-2-4-11-10(3-1)15-14(18-11)9-5-6-12-13(7-9)17-8-16-12/h1-7,14-15H,8H2/t14-/m0/s1. The van der Waals surface area contributed by atoms with Gasteiger partial charge in [-0.2, -0.15) is 0 Å². The highest BCUT2D eigenvalue weighted by atomic mass is 16.7. The van der Waals surface area contributed by atoms with Crippen LogP contribution in [-0.2, 0) is 0 Å². The summed E-state index contributed by atoms with van der Waals surface area (Å²) in [5, 5.41) is 3.32. The molecule has 0 saturated heterocycles. The molecule has 0 unspecified atom stereocenters. The molecule has 2 aliphatic heterocycles. The SMILES string of the molecule is c1ccc2c(c1)N[C@H](c1ccc3c(c1)OCO3)O2. The summed E-state index contributed by atoms with van der Waals surface area (Å²) in [6.07, 6.45) is -0.170. The lowest BCUT2D eigenvalue weighted by atomic mass is 10.2. The quantitative estimate of drug-likeness (QED) is 0.833. The number of para-hydroxylation sites is 2. The van der Waals surface area contributed by atoms with Gasteiger partial charge in [0.1, 0.15) is 5.75 Å². The number of anilines is 1. The fourth-order valence-electron chi connectivity index (χ4n) is 2.21. The van der Waals surface area contributed by atoms with Gasteiger partial charge in [0.05, 0.1) is 5.69 Å². The Hall–Kier alpha value is -2.36. The second-order valence-electron chi connectivity index (χ2n) is 4.25. The summed E-state index contributed by atoms with van der Waals surface area (Å²) >= 11 is 0. The van der Waals surface area contributed by atoms with Crippen molar-refractivity contribution in [1.82, 2.24) is 0 Å². The Kier molecular flexibility index (Phi) is 1.91. The number of nitrogens with one attached hydrogen (secondary N) is 1. The molecule has 0 amide bonds. The Bertz CT molecular complexity index is 587. The third kappa shape index (κ3) is 1.39. The maximum absolute atomic E-state index is 5.85. The van der Waals surface area contributed by atoms with Crippen LogP contribution in [0.2, 0.25) is 0 Å². The number of fused-ring (bicyclic) bond motifs is 2. The number of ether oxygens (including phenoxy) is 3. The molecule has 2 aromatic carbocycles. The van der Waals surface area contributed by atoms with Crippen molar-refractivity contribution in [2.24, 2.45) is 0 Å². The minimum Gasteiger partial charge on any atom is -0.464 e. The summed E-state index contributed by atoms with van der Waals surface area (Å²) in [6, 6.07) is 13.7. The van der Waals surface area contributed by atoms with Crippen molar-refractivity contribution < 1.29 is 14.2 Å². The van der Waals surface area contributed by atoms with Gasteiger partial charge in [-0.05, 0) is 30.3 Å². The molecule has 18 heavy (non-hydrogen) atoms. The molecule has 4 heteroatoms. The van der Waals surface area contributed by atoms with E-state index in [1.807, 2.05) is 42.5 Å². The molecule has 90 valence electrons. The van der Waals surface area contributed by atoms with Crippen LogP contribution in [-0.4, -0.2) is 6.79 Å². The van der Waals surface area contributed by atoms with Gasteiger partial charge in [0.25, 0.3) is 0 Å². The summed E-state index contributed by atoms with van der Waals surface area (Å²) in [5.41, 5.74) is 2.04. The monoisotopic (exact) mass is 241 g/mol. The summed E-state index contributed by atoms with van der Waals surface area (Å²) in [4.78, 5) is 0. The van der Waals surface area contributed by atoms with Crippen molar-refractivity contribution in [3.8, 4) is 17.2 Å². The Morgan fingerprint density at radius 3 is 2.78 bits per heavy atom. The van der Waals surface area contributed by atoms with Gasteiger partial charge in [0.15, 0.2) is 17.7 Å². The number of hydrogen-bond acceptors (Lipinski definition) is 4. The summed E-state index contributed by atoms with van der Waals surface area (Å²) < 4.78 is 16.5. The second kappa shape index (κ2) is 3.57. The van der Waals surface area contributed by atoms with E-state index in [-0.39, 0.29) is 13.0 Å². The van der Waals surface area contributed by atoms with E-state index in [9.17, 15) is 0 Å². The van der Waals surface area contributed by atoms with Crippen molar-refractivity contribution in [3.05, 3.63) is 48.0 Å². The van der Waals surface area contributed by atoms with Crippen molar-refractivity contribution in [1.29, 1.82) is 0 Å². The van der Waals surface area contributed by atoms with Crippen molar-refractivity contribution in [2.45, 2.75) is 6.23 Å². The lowest BCUT2D eigenvalue weighted by molar-refractivity contribution is 0.173. The maximum Gasteiger partial charge on any atom is 0.231 e. The minimum atomic E-state index is -0.170. The molecule has 2 heterocycles. The Labute approximate surface area is 104 Å². The fraction of sp³-hybridized carbons (Fsp3) is 0.143. The molecule has 0 saturated carbocycles. The zero-order valence-electron chi connectivity index (χ0n) is 9.55. The van der Waals surface area contributed by atoms with Crippen LogP contribution in [0.4, 0.5) is 5.69 Å². The lowest BCUT2D eigenvalue weighted by Crippen LogP contribution is -2.09. The smallest absolute Gasteiger partial charge is 0.231 e. The third-order valence-electron chi connectivity index (χ3n) is 3.12. The van der Waals surface area contributed by atoms with Gasteiger partial charge in [0, 0.05) is 5.56 Å². The molecule has 2 aliphatic rings. The van der Waals surface area contributed by atoms with Crippen molar-refractivity contribution in [2.75, 3.05) is 12.1 Å². The van der Waals surface area contributed by atoms with Crippen LogP contribution in [0.25, 0.3) is 0 Å². The predicted octanol–water partition coefficient (Wildman–Crippen LogP) is 2.92. The van der Waals surface area contributed by atoms with Gasteiger partial charge in [-0.25, -0.2) is 0 Å². The molecule has 1 atom stereocenters. The van der Waals surface area contributed by atoms with Gasteiger partial charge in [-0.3, -0.25) is 0 Å². The van der Waals surface area contributed by atoms with Crippen molar-refractivity contribution in [3.63, 3.8) is 0 Å².